The minimum atomic E-state index is -0.474. The molecule has 0 saturated carbocycles. The number of amides is 1. The molecule has 0 spiro atoms. The lowest BCUT2D eigenvalue weighted by Crippen LogP contribution is -2.39. The van der Waals surface area contributed by atoms with Gasteiger partial charge in [0.2, 0.25) is 0 Å². The van der Waals surface area contributed by atoms with Crippen LogP contribution in [-0.4, -0.2) is 35.4 Å². The van der Waals surface area contributed by atoms with Crippen molar-refractivity contribution in [1.29, 1.82) is 0 Å². The molecule has 6 heteroatoms. The van der Waals surface area contributed by atoms with Crippen molar-refractivity contribution in [3.8, 4) is 0 Å². The molecule has 1 fully saturated rings. The van der Waals surface area contributed by atoms with E-state index in [4.69, 9.17) is 0 Å². The van der Waals surface area contributed by atoms with E-state index in [1.807, 2.05) is 6.92 Å². The highest BCUT2D eigenvalue weighted by Crippen LogP contribution is 2.30. The zero-order chi connectivity index (χ0) is 15.4. The standard InChI is InChI=1S/C15H21N3O3/c1-3-16-13-8-4-7-12(14(13)18(20)21)15(19)17-9-5-6-11(2)10-17/h4,7-8,11,16H,3,5-6,9-10H2,1-2H3. The lowest BCUT2D eigenvalue weighted by atomic mass is 9.99. The maximum Gasteiger partial charge on any atom is 0.305 e. The van der Waals surface area contributed by atoms with Crippen LogP contribution in [-0.2, 0) is 0 Å². The number of para-hydroxylation sites is 1. The molecule has 0 radical (unpaired) electrons. The molecule has 0 aliphatic carbocycles. The normalized spacial score (nSPS) is 18.4. The van der Waals surface area contributed by atoms with Crippen LogP contribution in [0, 0.1) is 16.0 Å². The predicted octanol–water partition coefficient (Wildman–Crippen LogP) is 2.90. The summed E-state index contributed by atoms with van der Waals surface area (Å²) in [5, 5.41) is 14.3. The van der Waals surface area contributed by atoms with Crippen LogP contribution in [0.15, 0.2) is 18.2 Å². The summed E-state index contributed by atoms with van der Waals surface area (Å²) >= 11 is 0. The molecule has 1 aromatic carbocycles. The van der Waals surface area contributed by atoms with E-state index in [-0.39, 0.29) is 17.2 Å². The number of nitrogens with one attached hydrogen (secondary N) is 1. The number of carbonyl (C=O) groups is 1. The van der Waals surface area contributed by atoms with Crippen LogP contribution in [0.25, 0.3) is 0 Å². The molecule has 1 aromatic rings. The van der Waals surface area contributed by atoms with Crippen molar-refractivity contribution in [3.63, 3.8) is 0 Å². The number of rotatable bonds is 4. The fourth-order valence-electron chi connectivity index (χ4n) is 2.79. The maximum absolute atomic E-state index is 12.6. The van der Waals surface area contributed by atoms with Gasteiger partial charge in [0.05, 0.1) is 4.92 Å². The van der Waals surface area contributed by atoms with Crippen LogP contribution >= 0.6 is 0 Å². The second-order valence-electron chi connectivity index (χ2n) is 5.49. The van der Waals surface area contributed by atoms with Crippen molar-refractivity contribution in [2.24, 2.45) is 5.92 Å². The second-order valence-corrected chi connectivity index (χ2v) is 5.49. The van der Waals surface area contributed by atoms with Crippen molar-refractivity contribution < 1.29 is 9.72 Å². The van der Waals surface area contributed by atoms with E-state index in [0.29, 0.717) is 31.2 Å². The largest absolute Gasteiger partial charge is 0.380 e. The van der Waals surface area contributed by atoms with Crippen molar-refractivity contribution in [2.45, 2.75) is 26.7 Å². The van der Waals surface area contributed by atoms with Gasteiger partial charge in [0.25, 0.3) is 5.91 Å². The lowest BCUT2D eigenvalue weighted by Gasteiger charge is -2.31. The van der Waals surface area contributed by atoms with Gasteiger partial charge in [-0.25, -0.2) is 0 Å². The zero-order valence-corrected chi connectivity index (χ0v) is 12.5. The Morgan fingerprint density at radius 2 is 2.29 bits per heavy atom. The van der Waals surface area contributed by atoms with E-state index >= 15 is 0 Å². The van der Waals surface area contributed by atoms with E-state index in [1.165, 1.54) is 0 Å². The Balaban J connectivity index is 2.35. The number of piperidine rings is 1. The molecule has 1 aliphatic rings. The maximum atomic E-state index is 12.6. The summed E-state index contributed by atoms with van der Waals surface area (Å²) in [6, 6.07) is 4.86. The summed E-state index contributed by atoms with van der Waals surface area (Å²) < 4.78 is 0. The van der Waals surface area contributed by atoms with Gasteiger partial charge in [-0.1, -0.05) is 13.0 Å². The Morgan fingerprint density at radius 3 is 2.90 bits per heavy atom. The third-order valence-electron chi connectivity index (χ3n) is 3.76. The first-order valence-corrected chi connectivity index (χ1v) is 7.35. The van der Waals surface area contributed by atoms with E-state index in [0.717, 1.165) is 12.8 Å². The minimum Gasteiger partial charge on any atom is -0.380 e. The zero-order valence-electron chi connectivity index (χ0n) is 12.5. The third-order valence-corrected chi connectivity index (χ3v) is 3.76. The number of anilines is 1. The van der Waals surface area contributed by atoms with E-state index in [9.17, 15) is 14.9 Å². The van der Waals surface area contributed by atoms with Gasteiger partial charge in [-0.2, -0.15) is 0 Å². The van der Waals surface area contributed by atoms with Gasteiger partial charge in [0, 0.05) is 19.6 Å². The summed E-state index contributed by atoms with van der Waals surface area (Å²) in [7, 11) is 0. The summed E-state index contributed by atoms with van der Waals surface area (Å²) in [5.74, 6) is 0.201. The van der Waals surface area contributed by atoms with Gasteiger partial charge in [0.1, 0.15) is 11.3 Å². The first kappa shape index (κ1) is 15.3. The Morgan fingerprint density at radius 1 is 1.52 bits per heavy atom. The summed E-state index contributed by atoms with van der Waals surface area (Å²) in [5.41, 5.74) is 0.452. The van der Waals surface area contributed by atoms with Crippen LogP contribution in [0.5, 0.6) is 0 Å². The summed E-state index contributed by atoms with van der Waals surface area (Å²) in [6.45, 7) is 5.87. The fourth-order valence-corrected chi connectivity index (χ4v) is 2.79. The second kappa shape index (κ2) is 6.56. The van der Waals surface area contributed by atoms with Gasteiger partial charge in [0.15, 0.2) is 0 Å². The van der Waals surface area contributed by atoms with Gasteiger partial charge >= 0.3 is 5.69 Å². The summed E-state index contributed by atoms with van der Waals surface area (Å²) in [6.07, 6.45) is 2.05. The van der Waals surface area contributed by atoms with Crippen LogP contribution in [0.2, 0.25) is 0 Å². The highest BCUT2D eigenvalue weighted by molar-refractivity contribution is 6.00. The average molecular weight is 291 g/mol. The molecule has 2 rings (SSSR count). The number of nitrogens with zero attached hydrogens (tertiary/aromatic N) is 2. The molecule has 0 aromatic heterocycles. The van der Waals surface area contributed by atoms with Gasteiger partial charge < -0.3 is 10.2 Å². The lowest BCUT2D eigenvalue weighted by molar-refractivity contribution is -0.384. The van der Waals surface area contributed by atoms with E-state index in [2.05, 4.69) is 12.2 Å². The molecule has 1 amide bonds. The number of hydrogen-bond donors (Lipinski definition) is 1. The molecule has 1 atom stereocenters. The Bertz CT molecular complexity index is 545. The molecule has 21 heavy (non-hydrogen) atoms. The summed E-state index contributed by atoms with van der Waals surface area (Å²) in [4.78, 5) is 25.2. The average Bonchev–Trinajstić information content (AvgIpc) is 2.46. The highest BCUT2D eigenvalue weighted by Gasteiger charge is 2.29. The number of carbonyl (C=O) groups excluding carboxylic acids is 1. The molecule has 6 nitrogen and oxygen atoms in total. The fraction of sp³-hybridized carbons (Fsp3) is 0.533. The monoisotopic (exact) mass is 291 g/mol. The van der Waals surface area contributed by atoms with Gasteiger partial charge in [-0.15, -0.1) is 0 Å². The Labute approximate surface area is 124 Å². The molecule has 1 heterocycles. The quantitative estimate of drug-likeness (QED) is 0.683. The Hall–Kier alpha value is -2.11. The molecule has 1 saturated heterocycles. The molecule has 0 bridgehead atoms. The van der Waals surface area contributed by atoms with Crippen molar-refractivity contribution in [2.75, 3.05) is 25.0 Å². The van der Waals surface area contributed by atoms with Crippen molar-refractivity contribution >= 4 is 17.3 Å². The molecular weight excluding hydrogens is 270 g/mol. The number of nitro benzene ring substituents is 1. The predicted molar refractivity (Wildman–Crippen MR) is 81.6 cm³/mol. The molecule has 114 valence electrons. The van der Waals surface area contributed by atoms with E-state index in [1.54, 1.807) is 23.1 Å². The first-order valence-electron chi connectivity index (χ1n) is 7.35. The molecule has 1 aliphatic heterocycles. The minimum absolute atomic E-state index is 0.123. The van der Waals surface area contributed by atoms with Crippen molar-refractivity contribution in [1.82, 2.24) is 4.90 Å². The van der Waals surface area contributed by atoms with Crippen molar-refractivity contribution in [3.05, 3.63) is 33.9 Å². The first-order chi connectivity index (χ1) is 10.0. The third kappa shape index (κ3) is 3.32. The van der Waals surface area contributed by atoms with Crippen LogP contribution < -0.4 is 5.32 Å². The highest BCUT2D eigenvalue weighted by atomic mass is 16.6. The Kier molecular flexibility index (Phi) is 4.77. The van der Waals surface area contributed by atoms with Crippen LogP contribution in [0.3, 0.4) is 0 Å². The van der Waals surface area contributed by atoms with Crippen LogP contribution in [0.1, 0.15) is 37.0 Å². The number of nitro groups is 1. The smallest absolute Gasteiger partial charge is 0.305 e. The van der Waals surface area contributed by atoms with Gasteiger partial charge in [-0.3, -0.25) is 14.9 Å². The van der Waals surface area contributed by atoms with E-state index < -0.39 is 4.92 Å². The van der Waals surface area contributed by atoms with Gasteiger partial charge in [-0.05, 0) is 37.8 Å². The number of likely N-dealkylation sites (tertiary alicyclic amines) is 1. The molecule has 1 unspecified atom stereocenters. The number of hydrogen-bond acceptors (Lipinski definition) is 4. The topological polar surface area (TPSA) is 75.5 Å². The molecular formula is C15H21N3O3. The molecule has 1 N–H and O–H groups in total. The van der Waals surface area contributed by atoms with Crippen LogP contribution in [0.4, 0.5) is 11.4 Å². The SMILES string of the molecule is CCNc1cccc(C(=O)N2CCCC(C)C2)c1[N+](=O)[O-]. The number of benzene rings is 1.